The van der Waals surface area contributed by atoms with Crippen molar-refractivity contribution >= 4 is 35.5 Å². The number of nitrogens with one attached hydrogen (secondary N) is 1. The van der Waals surface area contributed by atoms with E-state index < -0.39 is 41.9 Å². The van der Waals surface area contributed by atoms with Crippen LogP contribution in [0.1, 0.15) is 50.8 Å². The molecule has 0 aromatic heterocycles. The maximum Gasteiger partial charge on any atom is 0.453 e. The molecule has 2 aromatic rings. The third-order valence-electron chi connectivity index (χ3n) is 6.05. The molecule has 3 N–H and O–H groups in total. The SMILES string of the molecule is CCCOC(=O)C(OC(=O)C1(C(=O)O)Oc2ccc(CC(C)NCC(O)c3cccc(Cl)c3)cc2O1)C(=O)OCCC. The van der Waals surface area contributed by atoms with Gasteiger partial charge in [-0.15, -0.1) is 0 Å². The maximum atomic E-state index is 13.1. The van der Waals surface area contributed by atoms with E-state index in [1.54, 1.807) is 44.2 Å². The number of hydrogen-bond donors (Lipinski definition) is 3. The Morgan fingerprint density at radius 2 is 1.62 bits per heavy atom. The molecule has 0 spiro atoms. The molecule has 13 heteroatoms. The van der Waals surface area contributed by atoms with E-state index in [9.17, 15) is 29.4 Å². The van der Waals surface area contributed by atoms with Gasteiger partial charge >= 0.3 is 29.7 Å². The second kappa shape index (κ2) is 14.9. The van der Waals surface area contributed by atoms with E-state index in [1.165, 1.54) is 12.1 Å². The van der Waals surface area contributed by atoms with Gasteiger partial charge < -0.3 is 39.2 Å². The number of esters is 3. The van der Waals surface area contributed by atoms with Crippen LogP contribution in [0.15, 0.2) is 42.5 Å². The van der Waals surface area contributed by atoms with E-state index in [4.69, 9.17) is 35.3 Å². The zero-order chi connectivity index (χ0) is 30.9. The molecule has 1 aliphatic rings. The van der Waals surface area contributed by atoms with E-state index in [-0.39, 0.29) is 37.3 Å². The van der Waals surface area contributed by atoms with Crippen molar-refractivity contribution < 1.29 is 53.1 Å². The third-order valence-corrected chi connectivity index (χ3v) is 6.29. The molecule has 0 aliphatic carbocycles. The van der Waals surface area contributed by atoms with Crippen LogP contribution in [-0.4, -0.2) is 71.8 Å². The number of carbonyl (C=O) groups excluding carboxylic acids is 3. The van der Waals surface area contributed by atoms with Gasteiger partial charge in [-0.05, 0) is 61.6 Å². The molecular weight excluding hydrogens is 574 g/mol. The Morgan fingerprint density at radius 3 is 2.21 bits per heavy atom. The standard InChI is InChI=1S/C29H34ClNO11/c1-4-11-38-25(33)24(26(34)39-12-5-2)40-28(37)29(27(35)36)41-22-10-9-18(14-23(22)42-29)13-17(3)31-16-21(32)19-7-6-8-20(30)15-19/h6-10,14-15,17,21,24,31-32H,4-5,11-13,16H2,1-3H3,(H,35,36). The molecule has 42 heavy (non-hydrogen) atoms. The lowest BCUT2D eigenvalue weighted by Crippen LogP contribution is -2.57. The number of aliphatic carboxylic acids is 1. The van der Waals surface area contributed by atoms with Crippen molar-refractivity contribution in [3.8, 4) is 11.5 Å². The van der Waals surface area contributed by atoms with Crippen LogP contribution in [0.2, 0.25) is 5.02 Å². The lowest BCUT2D eigenvalue weighted by atomic mass is 10.1. The Labute approximate surface area is 247 Å². The van der Waals surface area contributed by atoms with Crippen LogP contribution in [0, 0.1) is 0 Å². The number of carboxylic acids is 1. The average molecular weight is 608 g/mol. The summed E-state index contributed by atoms with van der Waals surface area (Å²) in [5, 5.41) is 24.1. The van der Waals surface area contributed by atoms with E-state index >= 15 is 0 Å². The average Bonchev–Trinajstić information content (AvgIpc) is 3.36. The van der Waals surface area contributed by atoms with E-state index in [2.05, 4.69) is 5.32 Å². The van der Waals surface area contributed by atoms with Crippen LogP contribution >= 0.6 is 11.6 Å². The van der Waals surface area contributed by atoms with Gasteiger partial charge in [-0.1, -0.05) is 43.6 Å². The predicted octanol–water partition coefficient (Wildman–Crippen LogP) is 2.96. The smallest absolute Gasteiger partial charge is 0.453 e. The highest BCUT2D eigenvalue weighted by Gasteiger charge is 2.60. The summed E-state index contributed by atoms with van der Waals surface area (Å²) in [7, 11) is 0. The third kappa shape index (κ3) is 8.11. The van der Waals surface area contributed by atoms with Crippen molar-refractivity contribution in [3.63, 3.8) is 0 Å². The zero-order valence-electron chi connectivity index (χ0n) is 23.5. The highest BCUT2D eigenvalue weighted by molar-refractivity contribution is 6.30. The fraction of sp³-hybridized carbons (Fsp3) is 0.448. The van der Waals surface area contributed by atoms with Gasteiger partial charge in [-0.25, -0.2) is 19.2 Å². The number of halogens is 1. The number of rotatable bonds is 15. The topological polar surface area (TPSA) is 167 Å². The minimum Gasteiger partial charge on any atom is -0.475 e. The minimum atomic E-state index is -3.01. The lowest BCUT2D eigenvalue weighted by Gasteiger charge is -2.23. The molecule has 0 fully saturated rings. The first-order valence-corrected chi connectivity index (χ1v) is 13.8. The number of aliphatic hydroxyl groups is 1. The summed E-state index contributed by atoms with van der Waals surface area (Å²) in [6.07, 6.45) is -1.66. The first-order valence-electron chi connectivity index (χ1n) is 13.5. The normalized spacial score (nSPS) is 16.9. The van der Waals surface area contributed by atoms with Crippen LogP contribution in [0.4, 0.5) is 0 Å². The number of aliphatic hydroxyl groups excluding tert-OH is 1. The summed E-state index contributed by atoms with van der Waals surface area (Å²) >= 11 is 5.99. The van der Waals surface area contributed by atoms with Crippen molar-refractivity contribution in [1.29, 1.82) is 0 Å². The number of ether oxygens (including phenoxy) is 5. The molecular formula is C29H34ClNO11. The minimum absolute atomic E-state index is 0.0586. The summed E-state index contributed by atoms with van der Waals surface area (Å²) in [4.78, 5) is 50.2. The molecule has 0 bridgehead atoms. The van der Waals surface area contributed by atoms with Gasteiger partial charge in [0.25, 0.3) is 6.10 Å². The van der Waals surface area contributed by atoms with Crippen LogP contribution in [-0.2, 0) is 39.8 Å². The lowest BCUT2D eigenvalue weighted by molar-refractivity contribution is -0.208. The molecule has 3 atom stereocenters. The Kier molecular flexibility index (Phi) is 11.5. The second-order valence-corrected chi connectivity index (χ2v) is 10.0. The summed E-state index contributed by atoms with van der Waals surface area (Å²) < 4.78 is 25.6. The highest BCUT2D eigenvalue weighted by Crippen LogP contribution is 2.41. The maximum absolute atomic E-state index is 13.1. The van der Waals surface area contributed by atoms with Crippen molar-refractivity contribution in [2.24, 2.45) is 0 Å². The van der Waals surface area contributed by atoms with Gasteiger partial charge in [0.15, 0.2) is 11.5 Å². The second-order valence-electron chi connectivity index (χ2n) is 9.61. The first kappa shape index (κ1) is 32.6. The predicted molar refractivity (Wildman–Crippen MR) is 148 cm³/mol. The van der Waals surface area contributed by atoms with E-state index in [0.29, 0.717) is 35.4 Å². The van der Waals surface area contributed by atoms with Gasteiger partial charge in [0.05, 0.1) is 19.3 Å². The molecule has 0 amide bonds. The monoisotopic (exact) mass is 607 g/mol. The number of carbonyl (C=O) groups is 4. The molecule has 0 saturated carbocycles. The van der Waals surface area contributed by atoms with Crippen molar-refractivity contribution in [2.45, 2.75) is 64.1 Å². The van der Waals surface area contributed by atoms with Gasteiger partial charge in [-0.2, -0.15) is 0 Å². The van der Waals surface area contributed by atoms with Crippen molar-refractivity contribution in [1.82, 2.24) is 5.32 Å². The van der Waals surface area contributed by atoms with Crippen LogP contribution in [0.3, 0.4) is 0 Å². The summed E-state index contributed by atoms with van der Waals surface area (Å²) in [6.45, 7) is 5.45. The number of benzene rings is 2. The van der Waals surface area contributed by atoms with Crippen molar-refractivity contribution in [3.05, 3.63) is 58.6 Å². The number of carboxylic acid groups (broad SMARTS) is 1. The summed E-state index contributed by atoms with van der Waals surface area (Å²) in [5.41, 5.74) is 1.37. The van der Waals surface area contributed by atoms with Gasteiger partial charge in [0.1, 0.15) is 0 Å². The Morgan fingerprint density at radius 1 is 0.976 bits per heavy atom. The molecule has 228 valence electrons. The summed E-state index contributed by atoms with van der Waals surface area (Å²) in [5.74, 6) is -9.08. The zero-order valence-corrected chi connectivity index (χ0v) is 24.2. The molecule has 0 radical (unpaired) electrons. The molecule has 3 rings (SSSR count). The fourth-order valence-corrected chi connectivity index (χ4v) is 4.13. The highest BCUT2D eigenvalue weighted by atomic mass is 35.5. The Hall–Kier alpha value is -3.87. The Balaban J connectivity index is 1.69. The molecule has 12 nitrogen and oxygen atoms in total. The Bertz CT molecular complexity index is 1270. The van der Waals surface area contributed by atoms with E-state index in [0.717, 1.165) is 0 Å². The number of fused-ring (bicyclic) bond motifs is 1. The molecule has 0 saturated heterocycles. The molecule has 3 unspecified atom stereocenters. The first-order chi connectivity index (χ1) is 20.0. The van der Waals surface area contributed by atoms with Crippen LogP contribution in [0.25, 0.3) is 0 Å². The molecule has 1 aliphatic heterocycles. The summed E-state index contributed by atoms with van der Waals surface area (Å²) in [6, 6.07) is 11.4. The number of hydrogen-bond acceptors (Lipinski definition) is 11. The fourth-order valence-electron chi connectivity index (χ4n) is 3.94. The van der Waals surface area contributed by atoms with Gasteiger partial charge in [-0.3, -0.25) is 0 Å². The van der Waals surface area contributed by atoms with Crippen molar-refractivity contribution in [2.75, 3.05) is 19.8 Å². The van der Waals surface area contributed by atoms with Gasteiger partial charge in [0, 0.05) is 17.6 Å². The van der Waals surface area contributed by atoms with Gasteiger partial charge in [0.2, 0.25) is 0 Å². The molecule has 1 heterocycles. The van der Waals surface area contributed by atoms with Crippen LogP contribution < -0.4 is 14.8 Å². The quantitative estimate of drug-likeness (QED) is 0.154. The van der Waals surface area contributed by atoms with Crippen LogP contribution in [0.5, 0.6) is 11.5 Å². The molecule has 2 aromatic carbocycles. The largest absolute Gasteiger partial charge is 0.475 e. The van der Waals surface area contributed by atoms with E-state index in [1.807, 2.05) is 6.92 Å².